The maximum Gasteiger partial charge on any atom is 0.313 e. The highest BCUT2D eigenvalue weighted by molar-refractivity contribution is 5.73. The Morgan fingerprint density at radius 3 is 2.47 bits per heavy atom. The van der Waals surface area contributed by atoms with Gasteiger partial charge in [-0.05, 0) is 31.1 Å². The number of benzene rings is 1. The highest BCUT2D eigenvalue weighted by atomic mass is 16.5. The molecule has 2 rings (SSSR count). The lowest BCUT2D eigenvalue weighted by Crippen LogP contribution is -2.12. The van der Waals surface area contributed by atoms with Gasteiger partial charge < -0.3 is 4.74 Å². The Morgan fingerprint density at radius 2 is 1.95 bits per heavy atom. The van der Waals surface area contributed by atoms with Gasteiger partial charge in [0.1, 0.15) is 5.76 Å². The number of ether oxygens (including phenoxy) is 1. The van der Waals surface area contributed by atoms with E-state index >= 15 is 0 Å². The predicted octanol–water partition coefficient (Wildman–Crippen LogP) is 4.12. The SMILES string of the molecule is Cc1ccc(C2C=CC(OC(=O)C(C)C)=CC2)cc1. The molecule has 0 saturated heterocycles. The van der Waals surface area contributed by atoms with E-state index in [9.17, 15) is 4.79 Å². The second-order valence-corrected chi connectivity index (χ2v) is 5.29. The Labute approximate surface area is 114 Å². The third-order valence-electron chi connectivity index (χ3n) is 3.26. The maximum atomic E-state index is 11.5. The van der Waals surface area contributed by atoms with Crippen molar-refractivity contribution in [1.82, 2.24) is 0 Å². The van der Waals surface area contributed by atoms with Crippen LogP contribution in [0.5, 0.6) is 0 Å². The maximum absolute atomic E-state index is 11.5. The van der Waals surface area contributed by atoms with Gasteiger partial charge in [0.05, 0.1) is 5.92 Å². The molecule has 0 aromatic heterocycles. The first-order valence-electron chi connectivity index (χ1n) is 6.73. The number of hydrogen-bond donors (Lipinski definition) is 0. The van der Waals surface area contributed by atoms with E-state index in [2.05, 4.69) is 37.3 Å². The number of aryl methyl sites for hydroxylation is 1. The molecule has 0 spiro atoms. The third kappa shape index (κ3) is 3.57. The molecule has 19 heavy (non-hydrogen) atoms. The van der Waals surface area contributed by atoms with Crippen LogP contribution in [-0.2, 0) is 9.53 Å². The lowest BCUT2D eigenvalue weighted by atomic mass is 9.91. The highest BCUT2D eigenvalue weighted by Gasteiger charge is 2.15. The fourth-order valence-corrected chi connectivity index (χ4v) is 1.97. The van der Waals surface area contributed by atoms with Crippen LogP contribution in [0.1, 0.15) is 37.3 Å². The van der Waals surface area contributed by atoms with E-state index in [0.29, 0.717) is 11.7 Å². The third-order valence-corrected chi connectivity index (χ3v) is 3.26. The summed E-state index contributed by atoms with van der Waals surface area (Å²) in [6.45, 7) is 5.76. The highest BCUT2D eigenvalue weighted by Crippen LogP contribution is 2.27. The van der Waals surface area contributed by atoms with Crippen LogP contribution in [0, 0.1) is 12.8 Å². The molecule has 1 aliphatic carbocycles. The van der Waals surface area contributed by atoms with Crippen molar-refractivity contribution in [2.24, 2.45) is 5.92 Å². The van der Waals surface area contributed by atoms with Crippen molar-refractivity contribution in [2.75, 3.05) is 0 Å². The lowest BCUT2D eigenvalue weighted by molar-refractivity contribution is -0.142. The number of rotatable bonds is 3. The molecule has 2 heteroatoms. The van der Waals surface area contributed by atoms with E-state index in [1.807, 2.05) is 26.0 Å². The minimum atomic E-state index is -0.176. The molecular formula is C17H20O2. The molecule has 0 fully saturated rings. The molecule has 0 amide bonds. The minimum absolute atomic E-state index is 0.0934. The number of carbonyl (C=O) groups is 1. The molecule has 0 saturated carbocycles. The van der Waals surface area contributed by atoms with Crippen molar-refractivity contribution in [1.29, 1.82) is 0 Å². The van der Waals surface area contributed by atoms with Crippen molar-refractivity contribution in [3.63, 3.8) is 0 Å². The normalized spacial score (nSPS) is 18.3. The molecule has 1 aromatic carbocycles. The summed E-state index contributed by atoms with van der Waals surface area (Å²) in [5.74, 6) is 0.776. The van der Waals surface area contributed by atoms with Gasteiger partial charge in [0.15, 0.2) is 0 Å². The van der Waals surface area contributed by atoms with Crippen LogP contribution in [0.3, 0.4) is 0 Å². The number of allylic oxidation sites excluding steroid dienone is 3. The molecule has 1 aliphatic rings. The Balaban J connectivity index is 1.99. The average Bonchev–Trinajstić information content (AvgIpc) is 2.40. The van der Waals surface area contributed by atoms with E-state index in [1.165, 1.54) is 11.1 Å². The molecule has 100 valence electrons. The summed E-state index contributed by atoms with van der Waals surface area (Å²) in [5, 5.41) is 0. The fraction of sp³-hybridized carbons (Fsp3) is 0.353. The van der Waals surface area contributed by atoms with Crippen LogP contribution >= 0.6 is 0 Å². The summed E-state index contributed by atoms with van der Waals surface area (Å²) in [4.78, 5) is 11.5. The first kappa shape index (κ1) is 13.6. The topological polar surface area (TPSA) is 26.3 Å². The molecule has 0 radical (unpaired) electrons. The number of carbonyl (C=O) groups excluding carboxylic acids is 1. The summed E-state index contributed by atoms with van der Waals surface area (Å²) in [5.41, 5.74) is 2.57. The van der Waals surface area contributed by atoms with Gasteiger partial charge >= 0.3 is 5.97 Å². The average molecular weight is 256 g/mol. The predicted molar refractivity (Wildman–Crippen MR) is 76.7 cm³/mol. The zero-order valence-electron chi connectivity index (χ0n) is 11.7. The van der Waals surface area contributed by atoms with Gasteiger partial charge in [0, 0.05) is 5.92 Å². The van der Waals surface area contributed by atoms with Crippen LogP contribution in [0.4, 0.5) is 0 Å². The number of hydrogen-bond acceptors (Lipinski definition) is 2. The van der Waals surface area contributed by atoms with Crippen molar-refractivity contribution in [3.8, 4) is 0 Å². The Kier molecular flexibility index (Phi) is 4.20. The standard InChI is InChI=1S/C17H20O2/c1-12(2)17(18)19-16-10-8-15(9-11-16)14-6-4-13(3)5-7-14/h4-8,10-12,15H,9H2,1-3H3. The molecular weight excluding hydrogens is 236 g/mol. The van der Waals surface area contributed by atoms with Gasteiger partial charge in [-0.25, -0.2) is 0 Å². The molecule has 0 N–H and O–H groups in total. The Hall–Kier alpha value is -1.83. The summed E-state index contributed by atoms with van der Waals surface area (Å²) in [6.07, 6.45) is 6.87. The summed E-state index contributed by atoms with van der Waals surface area (Å²) in [7, 11) is 0. The van der Waals surface area contributed by atoms with Crippen LogP contribution < -0.4 is 0 Å². The Morgan fingerprint density at radius 1 is 1.26 bits per heavy atom. The van der Waals surface area contributed by atoms with Crippen molar-refractivity contribution in [2.45, 2.75) is 33.1 Å². The molecule has 0 bridgehead atoms. The van der Waals surface area contributed by atoms with Gasteiger partial charge in [-0.15, -0.1) is 0 Å². The van der Waals surface area contributed by atoms with Gasteiger partial charge in [0.2, 0.25) is 0 Å². The van der Waals surface area contributed by atoms with Crippen molar-refractivity contribution in [3.05, 3.63) is 59.4 Å². The summed E-state index contributed by atoms with van der Waals surface area (Å²) < 4.78 is 5.29. The largest absolute Gasteiger partial charge is 0.427 e. The summed E-state index contributed by atoms with van der Waals surface area (Å²) in [6, 6.07) is 8.56. The van der Waals surface area contributed by atoms with Crippen LogP contribution in [0.15, 0.2) is 48.3 Å². The van der Waals surface area contributed by atoms with Crippen LogP contribution in [0.2, 0.25) is 0 Å². The quantitative estimate of drug-likeness (QED) is 0.760. The molecule has 0 heterocycles. The molecule has 2 nitrogen and oxygen atoms in total. The van der Waals surface area contributed by atoms with E-state index in [-0.39, 0.29) is 11.9 Å². The number of esters is 1. The van der Waals surface area contributed by atoms with Gasteiger partial charge in [-0.1, -0.05) is 49.8 Å². The fourth-order valence-electron chi connectivity index (χ4n) is 1.97. The smallest absolute Gasteiger partial charge is 0.313 e. The van der Waals surface area contributed by atoms with E-state index < -0.39 is 0 Å². The zero-order chi connectivity index (χ0) is 13.8. The van der Waals surface area contributed by atoms with Crippen LogP contribution in [0.25, 0.3) is 0 Å². The minimum Gasteiger partial charge on any atom is -0.427 e. The van der Waals surface area contributed by atoms with Crippen molar-refractivity contribution < 1.29 is 9.53 Å². The lowest BCUT2D eigenvalue weighted by Gasteiger charge is -2.17. The monoisotopic (exact) mass is 256 g/mol. The molecule has 1 atom stereocenters. The van der Waals surface area contributed by atoms with Gasteiger partial charge in [-0.3, -0.25) is 4.79 Å². The summed E-state index contributed by atoms with van der Waals surface area (Å²) >= 11 is 0. The van der Waals surface area contributed by atoms with Gasteiger partial charge in [0.25, 0.3) is 0 Å². The molecule has 0 aliphatic heterocycles. The first-order valence-corrected chi connectivity index (χ1v) is 6.73. The molecule has 1 aromatic rings. The van der Waals surface area contributed by atoms with Gasteiger partial charge in [-0.2, -0.15) is 0 Å². The van der Waals surface area contributed by atoms with E-state index in [1.54, 1.807) is 0 Å². The second kappa shape index (κ2) is 5.87. The van der Waals surface area contributed by atoms with E-state index in [4.69, 9.17) is 4.74 Å². The van der Waals surface area contributed by atoms with E-state index in [0.717, 1.165) is 6.42 Å². The zero-order valence-corrected chi connectivity index (χ0v) is 11.7. The van der Waals surface area contributed by atoms with Crippen molar-refractivity contribution >= 4 is 5.97 Å². The Bertz CT molecular complexity index is 507. The second-order valence-electron chi connectivity index (χ2n) is 5.29. The molecule has 1 unspecified atom stereocenters. The first-order chi connectivity index (χ1) is 9.06. The van der Waals surface area contributed by atoms with Crippen LogP contribution in [-0.4, -0.2) is 5.97 Å².